The van der Waals surface area contributed by atoms with Crippen LogP contribution in [0.5, 0.6) is 5.75 Å². The van der Waals surface area contributed by atoms with Gasteiger partial charge in [-0.15, -0.1) is 0 Å². The van der Waals surface area contributed by atoms with E-state index in [2.05, 4.69) is 6.92 Å². The molecule has 0 aliphatic rings. The van der Waals surface area contributed by atoms with Crippen molar-refractivity contribution < 1.29 is 31.1 Å². The van der Waals surface area contributed by atoms with Gasteiger partial charge in [0.1, 0.15) is 12.4 Å². The van der Waals surface area contributed by atoms with Gasteiger partial charge in [-0.25, -0.2) is 26.3 Å². The first-order chi connectivity index (χ1) is 18.7. The number of halogens is 6. The third-order valence-electron chi connectivity index (χ3n) is 6.52. The molecule has 0 heterocycles. The molecule has 0 fully saturated rings. The summed E-state index contributed by atoms with van der Waals surface area (Å²) in [5.74, 6) is -7.65. The molecule has 0 spiro atoms. The molecule has 1 nitrogen and oxygen atoms in total. The quantitative estimate of drug-likeness (QED) is 0.149. The number of ether oxygens (including phenoxy) is 1. The predicted molar refractivity (Wildman–Crippen MR) is 139 cm³/mol. The number of rotatable bonds is 7. The average Bonchev–Trinajstić information content (AvgIpc) is 2.91. The molecule has 0 saturated heterocycles. The van der Waals surface area contributed by atoms with Gasteiger partial charge in [0.15, 0.2) is 34.8 Å². The van der Waals surface area contributed by atoms with Crippen LogP contribution in [0.3, 0.4) is 0 Å². The maximum atomic E-state index is 15.0. The molecule has 0 aliphatic heterocycles. The third kappa shape index (κ3) is 5.35. The molecule has 5 aromatic rings. The Bertz CT molecular complexity index is 1650. The van der Waals surface area contributed by atoms with Crippen molar-refractivity contribution in [2.75, 3.05) is 0 Å². The van der Waals surface area contributed by atoms with E-state index < -0.39 is 40.7 Å². The lowest BCUT2D eigenvalue weighted by molar-refractivity contribution is 0.274. The van der Waals surface area contributed by atoms with E-state index in [0.29, 0.717) is 11.1 Å². The van der Waals surface area contributed by atoms with E-state index >= 15 is 4.39 Å². The highest BCUT2D eigenvalue weighted by molar-refractivity contribution is 5.84. The summed E-state index contributed by atoms with van der Waals surface area (Å²) in [5, 5.41) is -0.0690. The first kappa shape index (κ1) is 26.4. The van der Waals surface area contributed by atoms with Crippen molar-refractivity contribution in [3.05, 3.63) is 125 Å². The minimum atomic E-state index is -1.58. The fourth-order valence-corrected chi connectivity index (χ4v) is 4.53. The van der Waals surface area contributed by atoms with Crippen LogP contribution in [0.15, 0.2) is 78.9 Å². The van der Waals surface area contributed by atoms with Crippen LogP contribution in [0.25, 0.3) is 33.0 Å². The minimum absolute atomic E-state index is 0.00150. The number of aryl methyl sites for hydroxylation is 1. The zero-order chi connectivity index (χ0) is 27.7. The molecule has 5 aromatic carbocycles. The van der Waals surface area contributed by atoms with Crippen LogP contribution in [-0.4, -0.2) is 0 Å². The van der Waals surface area contributed by atoms with Crippen molar-refractivity contribution in [3.8, 4) is 28.0 Å². The molecule has 0 N–H and O–H groups in total. The molecule has 0 radical (unpaired) electrons. The van der Waals surface area contributed by atoms with E-state index in [9.17, 15) is 22.0 Å². The van der Waals surface area contributed by atoms with E-state index in [-0.39, 0.29) is 28.5 Å². The van der Waals surface area contributed by atoms with Crippen LogP contribution in [0.4, 0.5) is 26.3 Å². The highest BCUT2D eigenvalue weighted by Gasteiger charge is 2.18. The van der Waals surface area contributed by atoms with Crippen molar-refractivity contribution in [2.24, 2.45) is 0 Å². The van der Waals surface area contributed by atoms with Crippen molar-refractivity contribution in [1.29, 1.82) is 0 Å². The second-order valence-corrected chi connectivity index (χ2v) is 9.24. The standard InChI is InChI=1S/C32H22F6O/c1-2-3-18-4-7-20(8-5-18)21-9-11-24(26(33)13-21)23-15-28(35)32(29(36)16-23)39-17-19-6-10-25-22(12-19)14-27(34)31(38)30(25)37/h4-16H,2-3,17H2,1H3. The Balaban J connectivity index is 1.36. The monoisotopic (exact) mass is 536 g/mol. The van der Waals surface area contributed by atoms with Crippen LogP contribution in [0.2, 0.25) is 0 Å². The summed E-state index contributed by atoms with van der Waals surface area (Å²) in [6, 6.07) is 19.0. The van der Waals surface area contributed by atoms with Crippen LogP contribution >= 0.6 is 0 Å². The number of benzene rings is 5. The van der Waals surface area contributed by atoms with Gasteiger partial charge in [0, 0.05) is 10.9 Å². The van der Waals surface area contributed by atoms with Crippen LogP contribution < -0.4 is 4.74 Å². The Labute approximate surface area is 221 Å². The Hall–Kier alpha value is -4.26. The molecule has 0 unspecified atom stereocenters. The smallest absolute Gasteiger partial charge is 0.195 e. The molecule has 0 amide bonds. The number of hydrogen-bond acceptors (Lipinski definition) is 1. The Kier molecular flexibility index (Phi) is 7.33. The number of fused-ring (bicyclic) bond motifs is 1. The van der Waals surface area contributed by atoms with Gasteiger partial charge in [0.25, 0.3) is 0 Å². The fraction of sp³-hybridized carbons (Fsp3) is 0.125. The fourth-order valence-electron chi connectivity index (χ4n) is 4.53. The normalized spacial score (nSPS) is 11.3. The largest absolute Gasteiger partial charge is 0.483 e. The molecule has 5 rings (SSSR count). The molecular formula is C32H22F6O. The lowest BCUT2D eigenvalue weighted by atomic mass is 9.98. The predicted octanol–water partition coefficient (Wildman–Crippen LogP) is 9.54. The topological polar surface area (TPSA) is 9.23 Å². The van der Waals surface area contributed by atoms with Crippen molar-refractivity contribution in [3.63, 3.8) is 0 Å². The second-order valence-electron chi connectivity index (χ2n) is 9.24. The Morgan fingerprint density at radius 1 is 0.564 bits per heavy atom. The molecule has 39 heavy (non-hydrogen) atoms. The lowest BCUT2D eigenvalue weighted by Gasteiger charge is -2.12. The zero-order valence-corrected chi connectivity index (χ0v) is 20.8. The maximum Gasteiger partial charge on any atom is 0.195 e. The molecule has 7 heteroatoms. The summed E-state index contributed by atoms with van der Waals surface area (Å²) in [7, 11) is 0. The van der Waals surface area contributed by atoms with Crippen LogP contribution in [0.1, 0.15) is 24.5 Å². The van der Waals surface area contributed by atoms with Crippen molar-refractivity contribution >= 4 is 10.8 Å². The summed E-state index contributed by atoms with van der Waals surface area (Å²) < 4.78 is 91.0. The van der Waals surface area contributed by atoms with Crippen LogP contribution in [-0.2, 0) is 13.0 Å². The maximum absolute atomic E-state index is 15.0. The van der Waals surface area contributed by atoms with E-state index in [1.165, 1.54) is 35.9 Å². The molecule has 0 aromatic heterocycles. The van der Waals surface area contributed by atoms with Gasteiger partial charge in [0.05, 0.1) is 0 Å². The van der Waals surface area contributed by atoms with E-state index in [0.717, 1.165) is 36.6 Å². The first-order valence-corrected chi connectivity index (χ1v) is 12.3. The zero-order valence-electron chi connectivity index (χ0n) is 20.8. The Morgan fingerprint density at radius 3 is 1.87 bits per heavy atom. The Morgan fingerprint density at radius 2 is 1.21 bits per heavy atom. The first-order valence-electron chi connectivity index (χ1n) is 12.3. The molecular weight excluding hydrogens is 514 g/mol. The van der Waals surface area contributed by atoms with E-state index in [4.69, 9.17) is 4.74 Å². The molecule has 198 valence electrons. The van der Waals surface area contributed by atoms with Crippen molar-refractivity contribution in [1.82, 2.24) is 0 Å². The van der Waals surface area contributed by atoms with Gasteiger partial charge in [-0.1, -0.05) is 61.9 Å². The summed E-state index contributed by atoms with van der Waals surface area (Å²) in [6.45, 7) is 1.76. The van der Waals surface area contributed by atoms with Crippen LogP contribution in [0, 0.1) is 34.9 Å². The van der Waals surface area contributed by atoms with Gasteiger partial charge >= 0.3 is 0 Å². The summed E-state index contributed by atoms with van der Waals surface area (Å²) in [4.78, 5) is 0. The molecule has 0 bridgehead atoms. The van der Waals surface area contributed by atoms with E-state index in [1.807, 2.05) is 24.3 Å². The highest BCUT2D eigenvalue weighted by atomic mass is 19.2. The summed E-state index contributed by atoms with van der Waals surface area (Å²) in [6.07, 6.45) is 1.97. The second kappa shape index (κ2) is 10.8. The van der Waals surface area contributed by atoms with Gasteiger partial charge in [0.2, 0.25) is 0 Å². The molecule has 0 saturated carbocycles. The SMILES string of the molecule is CCCc1ccc(-c2ccc(-c3cc(F)c(OCc4ccc5c(F)c(F)c(F)cc5c4)c(F)c3)c(F)c2)cc1. The lowest BCUT2D eigenvalue weighted by Crippen LogP contribution is -2.01. The average molecular weight is 537 g/mol. The number of hydrogen-bond donors (Lipinski definition) is 0. The summed E-state index contributed by atoms with van der Waals surface area (Å²) in [5.41, 5.74) is 3.02. The van der Waals surface area contributed by atoms with Gasteiger partial charge in [-0.05, 0) is 70.0 Å². The van der Waals surface area contributed by atoms with E-state index in [1.54, 1.807) is 6.07 Å². The van der Waals surface area contributed by atoms with Gasteiger partial charge < -0.3 is 4.74 Å². The summed E-state index contributed by atoms with van der Waals surface area (Å²) >= 11 is 0. The van der Waals surface area contributed by atoms with Gasteiger partial charge in [-0.3, -0.25) is 0 Å². The minimum Gasteiger partial charge on any atom is -0.483 e. The third-order valence-corrected chi connectivity index (χ3v) is 6.52. The van der Waals surface area contributed by atoms with Gasteiger partial charge in [-0.2, -0.15) is 0 Å². The molecule has 0 atom stereocenters. The van der Waals surface area contributed by atoms with Crippen molar-refractivity contribution in [2.45, 2.75) is 26.4 Å². The molecule has 0 aliphatic carbocycles. The highest BCUT2D eigenvalue weighted by Crippen LogP contribution is 2.33.